The largest absolute Gasteiger partial charge is 0.507 e. The Morgan fingerprint density at radius 3 is 2.44 bits per heavy atom. The van der Waals surface area contributed by atoms with Crippen LogP contribution in [0.2, 0.25) is 0 Å². The molecule has 0 amide bonds. The fraction of sp³-hybridized carbons (Fsp3) is 0.214. The first-order valence-electron chi connectivity index (χ1n) is 5.46. The molecule has 1 rings (SSSR count). The van der Waals surface area contributed by atoms with Crippen molar-refractivity contribution in [1.82, 2.24) is 0 Å². The molecule has 4 nitrogen and oxygen atoms in total. The zero-order valence-corrected chi connectivity index (χ0v) is 10.2. The molecule has 0 radical (unpaired) electrons. The van der Waals surface area contributed by atoms with Crippen LogP contribution in [0, 0.1) is 0 Å². The molecule has 0 saturated carbocycles. The zero-order chi connectivity index (χ0) is 13.8. The van der Waals surface area contributed by atoms with E-state index in [1.807, 2.05) is 12.1 Å². The number of ether oxygens (including phenoxy) is 1. The summed E-state index contributed by atoms with van der Waals surface area (Å²) in [5.41, 5.74) is 0.775. The third kappa shape index (κ3) is 7.24. The molecule has 0 aliphatic heterocycles. The van der Waals surface area contributed by atoms with Crippen LogP contribution in [-0.4, -0.2) is 29.4 Å². The van der Waals surface area contributed by atoms with E-state index in [1.165, 1.54) is 0 Å². The number of hydrogen-bond acceptors (Lipinski definition) is 4. The lowest BCUT2D eigenvalue weighted by atomic mass is 10.2. The van der Waals surface area contributed by atoms with Crippen molar-refractivity contribution >= 4 is 12.0 Å². The summed E-state index contributed by atoms with van der Waals surface area (Å²) in [7, 11) is 0. The highest BCUT2D eigenvalue weighted by Crippen LogP contribution is 2.15. The van der Waals surface area contributed by atoms with E-state index in [1.54, 1.807) is 18.2 Å². The molecule has 98 valence electrons. The number of hydrogen-bond donors (Lipinski definition) is 2. The van der Waals surface area contributed by atoms with Crippen LogP contribution in [0.3, 0.4) is 0 Å². The van der Waals surface area contributed by atoms with Crippen molar-refractivity contribution in [2.24, 2.45) is 0 Å². The normalized spacial score (nSPS) is 8.72. The van der Waals surface area contributed by atoms with Crippen molar-refractivity contribution in [3.63, 3.8) is 0 Å². The Morgan fingerprint density at radius 1 is 1.33 bits per heavy atom. The Morgan fingerprint density at radius 2 is 2.00 bits per heavy atom. The third-order valence-corrected chi connectivity index (χ3v) is 1.87. The molecule has 0 unspecified atom stereocenters. The van der Waals surface area contributed by atoms with Crippen LogP contribution < -0.4 is 0 Å². The highest BCUT2D eigenvalue weighted by Gasteiger charge is 1.92. The van der Waals surface area contributed by atoms with E-state index in [0.29, 0.717) is 6.42 Å². The van der Waals surface area contributed by atoms with Crippen LogP contribution in [0.1, 0.15) is 12.0 Å². The van der Waals surface area contributed by atoms with Crippen molar-refractivity contribution < 1.29 is 19.7 Å². The Balaban J connectivity index is 0.000000321. The molecule has 0 aliphatic rings. The van der Waals surface area contributed by atoms with E-state index in [-0.39, 0.29) is 19.0 Å². The molecule has 4 heteroatoms. The van der Waals surface area contributed by atoms with Gasteiger partial charge in [-0.2, -0.15) is 0 Å². The van der Waals surface area contributed by atoms with Crippen LogP contribution in [0.5, 0.6) is 5.75 Å². The monoisotopic (exact) mass is 250 g/mol. The molecule has 0 aromatic heterocycles. The molecule has 1 aromatic rings. The maximum Gasteiger partial charge on any atom is 0.330 e. The van der Waals surface area contributed by atoms with E-state index in [9.17, 15) is 4.79 Å². The van der Waals surface area contributed by atoms with Gasteiger partial charge in [0.1, 0.15) is 5.75 Å². The quantitative estimate of drug-likeness (QED) is 0.477. The van der Waals surface area contributed by atoms with Gasteiger partial charge >= 0.3 is 5.97 Å². The Bertz CT molecular complexity index is 385. The molecule has 2 N–H and O–H groups in total. The lowest BCUT2D eigenvalue weighted by Crippen LogP contribution is -2.02. The number of carbonyl (C=O) groups is 1. The lowest BCUT2D eigenvalue weighted by molar-refractivity contribution is -0.137. The van der Waals surface area contributed by atoms with Crippen molar-refractivity contribution in [3.8, 4) is 5.75 Å². The standard InChI is InChI=1S/C8H8O.C6H10O3/c1-2-7-5-3-4-6-8(7)9;1-2-6(8)9-5-3-4-7/h2-6,9H,1H2;2,7H,1,3-5H2. The number of para-hydroxylation sites is 1. The van der Waals surface area contributed by atoms with Gasteiger partial charge in [0.25, 0.3) is 0 Å². The molecule has 0 spiro atoms. The highest BCUT2D eigenvalue weighted by molar-refractivity contribution is 5.81. The number of carbonyl (C=O) groups excluding carboxylic acids is 1. The first-order chi connectivity index (χ1) is 8.65. The van der Waals surface area contributed by atoms with Gasteiger partial charge in [0.05, 0.1) is 6.61 Å². The Kier molecular flexibility index (Phi) is 8.95. The maximum atomic E-state index is 10.3. The number of aromatic hydroxyl groups is 1. The topological polar surface area (TPSA) is 66.8 Å². The van der Waals surface area contributed by atoms with Gasteiger partial charge in [-0.15, -0.1) is 0 Å². The number of aliphatic hydroxyl groups is 1. The van der Waals surface area contributed by atoms with Crippen LogP contribution in [0.4, 0.5) is 0 Å². The van der Waals surface area contributed by atoms with E-state index in [0.717, 1.165) is 11.6 Å². The van der Waals surface area contributed by atoms with Crippen LogP contribution >= 0.6 is 0 Å². The second-order valence-electron chi connectivity index (χ2n) is 3.21. The fourth-order valence-corrected chi connectivity index (χ4v) is 0.956. The zero-order valence-electron chi connectivity index (χ0n) is 10.2. The van der Waals surface area contributed by atoms with Crippen LogP contribution in [0.15, 0.2) is 43.5 Å². The molecule has 0 saturated heterocycles. The molecule has 1 aromatic carbocycles. The number of esters is 1. The summed E-state index contributed by atoms with van der Waals surface area (Å²) < 4.78 is 4.51. The predicted molar refractivity (Wildman–Crippen MR) is 71.1 cm³/mol. The van der Waals surface area contributed by atoms with Gasteiger partial charge in [0.2, 0.25) is 0 Å². The minimum atomic E-state index is -0.441. The summed E-state index contributed by atoms with van der Waals surface area (Å²) in [5.74, 6) is -0.157. The van der Waals surface area contributed by atoms with Crippen LogP contribution in [-0.2, 0) is 9.53 Å². The van der Waals surface area contributed by atoms with E-state index in [4.69, 9.17) is 10.2 Å². The molecular weight excluding hydrogens is 232 g/mol. The SMILES string of the molecule is C=CC(=O)OCCCO.C=Cc1ccccc1O. The van der Waals surface area contributed by atoms with Crippen molar-refractivity contribution in [1.29, 1.82) is 0 Å². The molecule has 0 aliphatic carbocycles. The second kappa shape index (κ2) is 10.1. The third-order valence-electron chi connectivity index (χ3n) is 1.87. The summed E-state index contributed by atoms with van der Waals surface area (Å²) in [6, 6.07) is 7.08. The first kappa shape index (κ1) is 15.9. The number of rotatable bonds is 5. The summed E-state index contributed by atoms with van der Waals surface area (Å²) in [4.78, 5) is 10.3. The summed E-state index contributed by atoms with van der Waals surface area (Å²) in [5, 5.41) is 17.3. The second-order valence-corrected chi connectivity index (χ2v) is 3.21. The predicted octanol–water partition coefficient (Wildman–Crippen LogP) is 2.13. The molecule has 0 fully saturated rings. The number of aliphatic hydroxyl groups excluding tert-OH is 1. The van der Waals surface area contributed by atoms with Crippen molar-refractivity contribution in [2.45, 2.75) is 6.42 Å². The van der Waals surface area contributed by atoms with Gasteiger partial charge in [0.15, 0.2) is 0 Å². The molecule has 0 atom stereocenters. The summed E-state index contributed by atoms with van der Waals surface area (Å²) >= 11 is 0. The van der Waals surface area contributed by atoms with Gasteiger partial charge in [-0.05, 0) is 6.07 Å². The lowest BCUT2D eigenvalue weighted by Gasteiger charge is -1.96. The van der Waals surface area contributed by atoms with Crippen molar-refractivity contribution in [2.75, 3.05) is 13.2 Å². The average Bonchev–Trinajstić information content (AvgIpc) is 2.40. The fourth-order valence-electron chi connectivity index (χ4n) is 0.956. The summed E-state index contributed by atoms with van der Waals surface area (Å²) in [6.07, 6.45) is 3.20. The molecule has 0 bridgehead atoms. The van der Waals surface area contributed by atoms with Gasteiger partial charge in [0, 0.05) is 24.7 Å². The van der Waals surface area contributed by atoms with Gasteiger partial charge in [-0.3, -0.25) is 0 Å². The van der Waals surface area contributed by atoms with Crippen molar-refractivity contribution in [3.05, 3.63) is 49.1 Å². The van der Waals surface area contributed by atoms with E-state index >= 15 is 0 Å². The number of phenolic OH excluding ortho intramolecular Hbond substituents is 1. The maximum absolute atomic E-state index is 10.3. The Labute approximate surface area is 107 Å². The minimum Gasteiger partial charge on any atom is -0.507 e. The highest BCUT2D eigenvalue weighted by atomic mass is 16.5. The Hall–Kier alpha value is -2.07. The number of benzene rings is 1. The van der Waals surface area contributed by atoms with Gasteiger partial charge in [-0.1, -0.05) is 37.4 Å². The number of phenols is 1. The molecular formula is C14H18O4. The molecule has 0 heterocycles. The average molecular weight is 250 g/mol. The van der Waals surface area contributed by atoms with Gasteiger partial charge in [-0.25, -0.2) is 4.79 Å². The molecule has 18 heavy (non-hydrogen) atoms. The summed E-state index contributed by atoms with van der Waals surface area (Å²) in [6.45, 7) is 7.05. The smallest absolute Gasteiger partial charge is 0.330 e. The minimum absolute atomic E-state index is 0.0461. The van der Waals surface area contributed by atoms with E-state index < -0.39 is 5.97 Å². The van der Waals surface area contributed by atoms with E-state index in [2.05, 4.69) is 17.9 Å². The van der Waals surface area contributed by atoms with Gasteiger partial charge < -0.3 is 14.9 Å². The first-order valence-corrected chi connectivity index (χ1v) is 5.46. The van der Waals surface area contributed by atoms with Crippen LogP contribution in [0.25, 0.3) is 6.08 Å².